The number of ether oxygens (including phenoxy) is 11. The van der Waals surface area contributed by atoms with Crippen LogP contribution in [0.1, 0.15) is 51.0 Å². The first-order valence-electron chi connectivity index (χ1n) is 21.2. The summed E-state index contributed by atoms with van der Waals surface area (Å²) in [5, 5.41) is 24.9. The predicted octanol–water partition coefficient (Wildman–Crippen LogP) is 6.06. The molecular weight excluding hydrogens is 786 g/mol. The maximum atomic E-state index is 11.2. The molecule has 18 heteroatoms. The van der Waals surface area contributed by atoms with E-state index in [1.54, 1.807) is 0 Å². The summed E-state index contributed by atoms with van der Waals surface area (Å²) in [4.78, 5) is 20.7. The van der Waals surface area contributed by atoms with Crippen LogP contribution in [-0.2, 0) is 53.8 Å². The maximum absolute atomic E-state index is 11.2. The van der Waals surface area contributed by atoms with Crippen LogP contribution in [0.5, 0.6) is 5.75 Å². The highest BCUT2D eigenvalue weighted by Gasteiger charge is 2.19. The highest BCUT2D eigenvalue weighted by atomic mass is 16.6. The monoisotopic (exact) mass is 855 g/mol. The Hall–Kier alpha value is -3.56. The van der Waals surface area contributed by atoms with Gasteiger partial charge in [-0.2, -0.15) is 0 Å². The van der Waals surface area contributed by atoms with Crippen molar-refractivity contribution in [2.24, 2.45) is 0 Å². The normalized spacial score (nSPS) is 11.3. The Kier molecular flexibility index (Phi) is 33.6. The van der Waals surface area contributed by atoms with E-state index in [0.717, 1.165) is 18.2 Å². The van der Waals surface area contributed by atoms with E-state index in [9.17, 15) is 20.2 Å². The first kappa shape index (κ1) is 52.6. The largest absolute Gasteiger partial charge is 0.491 e. The summed E-state index contributed by atoms with van der Waals surface area (Å²) < 4.78 is 60.7. The third-order valence-electron chi connectivity index (χ3n) is 8.54. The van der Waals surface area contributed by atoms with E-state index in [0.29, 0.717) is 132 Å². The number of hydrogen-bond acceptors (Lipinski definition) is 16. The Morgan fingerprint density at radius 2 is 0.867 bits per heavy atom. The summed E-state index contributed by atoms with van der Waals surface area (Å²) in [7, 11) is 0. The molecular formula is C42H69N3O15. The van der Waals surface area contributed by atoms with E-state index in [-0.39, 0.29) is 30.2 Å². The van der Waals surface area contributed by atoms with Crippen molar-refractivity contribution in [1.82, 2.24) is 0 Å². The molecule has 2 aromatic rings. The molecule has 0 bridgehead atoms. The van der Waals surface area contributed by atoms with E-state index < -0.39 is 9.85 Å². The molecule has 0 radical (unpaired) electrons. The van der Waals surface area contributed by atoms with Crippen molar-refractivity contribution in [3.63, 3.8) is 0 Å². The number of nitrogens with zero attached hydrogens (tertiary/aromatic N) is 2. The van der Waals surface area contributed by atoms with Gasteiger partial charge in [-0.05, 0) is 36.6 Å². The number of aryl methyl sites for hydroxylation is 1. The van der Waals surface area contributed by atoms with Gasteiger partial charge in [0, 0.05) is 12.6 Å². The minimum atomic E-state index is -0.679. The molecule has 0 amide bonds. The molecule has 0 aliphatic heterocycles. The molecule has 0 unspecified atom stereocenters. The van der Waals surface area contributed by atoms with Gasteiger partial charge in [-0.25, -0.2) is 0 Å². The van der Waals surface area contributed by atoms with Crippen LogP contribution >= 0.6 is 0 Å². The van der Waals surface area contributed by atoms with Gasteiger partial charge in [0.25, 0.3) is 11.4 Å². The third kappa shape index (κ3) is 29.6. The molecule has 2 aromatic carbocycles. The van der Waals surface area contributed by atoms with Crippen LogP contribution in [0.2, 0.25) is 0 Å². The summed E-state index contributed by atoms with van der Waals surface area (Å²) in [6.45, 7) is 12.0. The van der Waals surface area contributed by atoms with Crippen LogP contribution < -0.4 is 10.1 Å². The lowest BCUT2D eigenvalue weighted by Crippen LogP contribution is -2.16. The van der Waals surface area contributed by atoms with Gasteiger partial charge in [-0.15, -0.1) is 0 Å². The lowest BCUT2D eigenvalue weighted by molar-refractivity contribution is -0.393. The number of nitrogens with one attached hydrogen (secondary N) is 1. The average Bonchev–Trinajstić information content (AvgIpc) is 3.25. The van der Waals surface area contributed by atoms with Crippen molar-refractivity contribution in [2.75, 3.05) is 151 Å². The molecule has 18 nitrogen and oxygen atoms in total. The summed E-state index contributed by atoms with van der Waals surface area (Å²) in [5.41, 5.74) is 0.841. The average molecular weight is 856 g/mol. The topological polar surface area (TPSA) is 200 Å². The van der Waals surface area contributed by atoms with Gasteiger partial charge in [0.2, 0.25) is 0 Å². The molecule has 60 heavy (non-hydrogen) atoms. The zero-order valence-electron chi connectivity index (χ0n) is 35.6. The smallest absolute Gasteiger partial charge is 0.299 e. The van der Waals surface area contributed by atoms with Crippen molar-refractivity contribution in [3.8, 4) is 5.75 Å². The van der Waals surface area contributed by atoms with Gasteiger partial charge in [0.05, 0.1) is 148 Å². The Morgan fingerprint density at radius 1 is 0.467 bits per heavy atom. The fourth-order valence-electron chi connectivity index (χ4n) is 5.35. The van der Waals surface area contributed by atoms with Crippen molar-refractivity contribution >= 4 is 17.1 Å². The van der Waals surface area contributed by atoms with Crippen molar-refractivity contribution < 1.29 is 62.0 Å². The number of nitro groups is 2. The minimum Gasteiger partial charge on any atom is -0.491 e. The van der Waals surface area contributed by atoms with Crippen LogP contribution in [0.25, 0.3) is 0 Å². The zero-order chi connectivity index (χ0) is 43.0. The Balaban J connectivity index is 1.20. The second-order valence-electron chi connectivity index (χ2n) is 13.3. The summed E-state index contributed by atoms with van der Waals surface area (Å²) in [6, 6.07) is 11.8. The zero-order valence-corrected chi connectivity index (χ0v) is 35.6. The molecule has 0 aliphatic rings. The SMILES string of the molecule is CCCCCCCCc1ccc(OCCOCCOCCOCCOCCOCCOCCOCCOCCOCCOCCNc2ccc([N+](=O)[O-])cc2[N+](=O)[O-])cc1. The molecule has 0 heterocycles. The van der Waals surface area contributed by atoms with E-state index in [2.05, 4.69) is 24.4 Å². The highest BCUT2D eigenvalue weighted by Crippen LogP contribution is 2.28. The highest BCUT2D eigenvalue weighted by molar-refractivity contribution is 5.65. The minimum absolute atomic E-state index is 0.186. The second kappa shape index (κ2) is 38.4. The van der Waals surface area contributed by atoms with Crippen molar-refractivity contribution in [3.05, 3.63) is 68.3 Å². The third-order valence-corrected chi connectivity index (χ3v) is 8.54. The van der Waals surface area contributed by atoms with Crippen LogP contribution in [0, 0.1) is 20.2 Å². The number of non-ortho nitro benzene ring substituents is 1. The summed E-state index contributed by atoms with van der Waals surface area (Å²) >= 11 is 0. The number of benzene rings is 2. The first-order chi connectivity index (χ1) is 29.5. The summed E-state index contributed by atoms with van der Waals surface area (Å²) in [5.74, 6) is 0.873. The molecule has 0 fully saturated rings. The van der Waals surface area contributed by atoms with Gasteiger partial charge in [-0.1, -0.05) is 51.2 Å². The summed E-state index contributed by atoms with van der Waals surface area (Å²) in [6.07, 6.45) is 9.02. The lowest BCUT2D eigenvalue weighted by atomic mass is 10.0. The molecule has 0 aliphatic carbocycles. The van der Waals surface area contributed by atoms with Crippen LogP contribution in [-0.4, -0.2) is 155 Å². The predicted molar refractivity (Wildman–Crippen MR) is 225 cm³/mol. The quantitative estimate of drug-likeness (QED) is 0.0458. The van der Waals surface area contributed by atoms with Crippen LogP contribution in [0.3, 0.4) is 0 Å². The molecule has 0 atom stereocenters. The van der Waals surface area contributed by atoms with Gasteiger partial charge < -0.3 is 57.4 Å². The molecule has 0 aromatic heterocycles. The number of anilines is 1. The number of unbranched alkanes of at least 4 members (excludes halogenated alkanes) is 5. The van der Waals surface area contributed by atoms with E-state index >= 15 is 0 Å². The molecule has 0 saturated heterocycles. The van der Waals surface area contributed by atoms with Gasteiger partial charge in [-0.3, -0.25) is 20.2 Å². The van der Waals surface area contributed by atoms with E-state index in [1.807, 2.05) is 12.1 Å². The van der Waals surface area contributed by atoms with E-state index in [1.165, 1.54) is 56.2 Å². The molecule has 0 saturated carbocycles. The van der Waals surface area contributed by atoms with Crippen molar-refractivity contribution in [2.45, 2.75) is 51.9 Å². The molecule has 2 rings (SSSR count). The standard InChI is InChI=1S/C42H69N3O15/c1-2-3-4-5-6-7-8-38-9-12-40(13-10-38)60-36-35-59-34-33-58-32-31-57-30-29-56-28-27-55-26-25-54-24-23-53-22-21-52-20-19-51-18-17-50-16-15-43-41-14-11-39(44(46)47)37-42(41)45(48)49/h9-14,37,43H,2-8,15-36H2,1H3. The lowest BCUT2D eigenvalue weighted by Gasteiger charge is -2.09. The molecule has 0 spiro atoms. The van der Waals surface area contributed by atoms with Crippen LogP contribution in [0.15, 0.2) is 42.5 Å². The van der Waals surface area contributed by atoms with E-state index in [4.69, 9.17) is 52.1 Å². The van der Waals surface area contributed by atoms with Gasteiger partial charge >= 0.3 is 0 Å². The fourth-order valence-corrected chi connectivity index (χ4v) is 5.35. The number of nitro benzene ring substituents is 2. The molecule has 1 N–H and O–H groups in total. The van der Waals surface area contributed by atoms with Gasteiger partial charge in [0.1, 0.15) is 18.0 Å². The Bertz CT molecular complexity index is 1330. The molecule has 342 valence electrons. The second-order valence-corrected chi connectivity index (χ2v) is 13.3. The Labute approximate surface area is 355 Å². The van der Waals surface area contributed by atoms with Crippen LogP contribution in [0.4, 0.5) is 17.1 Å². The van der Waals surface area contributed by atoms with Gasteiger partial charge in [0.15, 0.2) is 0 Å². The Morgan fingerprint density at radius 3 is 1.28 bits per heavy atom. The van der Waals surface area contributed by atoms with Crippen molar-refractivity contribution in [1.29, 1.82) is 0 Å². The maximum Gasteiger partial charge on any atom is 0.299 e. The first-order valence-corrected chi connectivity index (χ1v) is 21.2. The number of hydrogen-bond donors (Lipinski definition) is 1. The number of rotatable bonds is 44. The fraction of sp³-hybridized carbons (Fsp3) is 0.714.